The molecule has 0 saturated carbocycles. The molecule has 1 aromatic carbocycles. The van der Waals surface area contributed by atoms with Crippen LogP contribution in [0.3, 0.4) is 0 Å². The molecule has 1 fully saturated rings. The van der Waals surface area contributed by atoms with Crippen molar-refractivity contribution in [1.82, 2.24) is 5.32 Å². The minimum Gasteiger partial charge on any atom is -0.374 e. The topological polar surface area (TPSA) is 15.3 Å². The van der Waals surface area contributed by atoms with E-state index in [0.29, 0.717) is 0 Å². The number of piperidine rings is 1. The van der Waals surface area contributed by atoms with Gasteiger partial charge in [-0.2, -0.15) is 0 Å². The molecule has 0 radical (unpaired) electrons. The molecule has 0 bridgehead atoms. The second kappa shape index (κ2) is 6.24. The lowest BCUT2D eigenvalue weighted by Gasteiger charge is -2.28. The molecule has 2 nitrogen and oxygen atoms in total. The van der Waals surface area contributed by atoms with Crippen LogP contribution >= 0.6 is 0 Å². The number of anilines is 1. The SMILES string of the molecule is Cc1cccc(C)c1N(C)CCC1CCNCC1. The fourth-order valence-electron chi connectivity index (χ4n) is 3.07. The van der Waals surface area contributed by atoms with E-state index in [1.165, 1.54) is 55.7 Å². The van der Waals surface area contributed by atoms with Gasteiger partial charge in [-0.3, -0.25) is 0 Å². The molecule has 1 aromatic rings. The van der Waals surface area contributed by atoms with Crippen LogP contribution in [-0.2, 0) is 0 Å². The monoisotopic (exact) mass is 246 g/mol. The number of hydrogen-bond acceptors (Lipinski definition) is 2. The fraction of sp³-hybridized carbons (Fsp3) is 0.625. The maximum atomic E-state index is 3.44. The Hall–Kier alpha value is -1.02. The molecule has 1 aliphatic heterocycles. The van der Waals surface area contributed by atoms with Crippen molar-refractivity contribution >= 4 is 5.69 Å². The molecule has 0 spiro atoms. The van der Waals surface area contributed by atoms with Gasteiger partial charge in [0.05, 0.1) is 0 Å². The van der Waals surface area contributed by atoms with Crippen molar-refractivity contribution in [1.29, 1.82) is 0 Å². The fourth-order valence-corrected chi connectivity index (χ4v) is 3.07. The van der Waals surface area contributed by atoms with Crippen molar-refractivity contribution in [2.75, 3.05) is 31.6 Å². The van der Waals surface area contributed by atoms with Crippen LogP contribution in [0.5, 0.6) is 0 Å². The molecular weight excluding hydrogens is 220 g/mol. The molecule has 1 heterocycles. The summed E-state index contributed by atoms with van der Waals surface area (Å²) in [7, 11) is 2.23. The first-order valence-corrected chi connectivity index (χ1v) is 7.16. The molecule has 1 saturated heterocycles. The van der Waals surface area contributed by atoms with Crippen molar-refractivity contribution in [3.63, 3.8) is 0 Å². The van der Waals surface area contributed by atoms with Crippen LogP contribution in [0.4, 0.5) is 5.69 Å². The van der Waals surface area contributed by atoms with Crippen LogP contribution in [0.1, 0.15) is 30.4 Å². The first kappa shape index (κ1) is 13.4. The second-order valence-corrected chi connectivity index (χ2v) is 5.64. The minimum atomic E-state index is 0.915. The zero-order valence-corrected chi connectivity index (χ0v) is 12.0. The van der Waals surface area contributed by atoms with Gasteiger partial charge in [0.25, 0.3) is 0 Å². The van der Waals surface area contributed by atoms with Crippen LogP contribution in [0.2, 0.25) is 0 Å². The molecule has 0 aromatic heterocycles. The quantitative estimate of drug-likeness (QED) is 0.878. The van der Waals surface area contributed by atoms with E-state index in [0.717, 1.165) is 5.92 Å². The summed E-state index contributed by atoms with van der Waals surface area (Å²) >= 11 is 0. The van der Waals surface area contributed by atoms with Crippen LogP contribution in [0.25, 0.3) is 0 Å². The smallest absolute Gasteiger partial charge is 0.0423 e. The average Bonchev–Trinajstić information content (AvgIpc) is 2.37. The summed E-state index contributed by atoms with van der Waals surface area (Å²) in [6.45, 7) is 8.01. The van der Waals surface area contributed by atoms with Gasteiger partial charge in [-0.25, -0.2) is 0 Å². The summed E-state index contributed by atoms with van der Waals surface area (Å²) < 4.78 is 0. The summed E-state index contributed by atoms with van der Waals surface area (Å²) in [4.78, 5) is 2.44. The summed E-state index contributed by atoms with van der Waals surface area (Å²) in [5.74, 6) is 0.915. The number of hydrogen-bond donors (Lipinski definition) is 1. The normalized spacial score (nSPS) is 16.8. The third-order valence-electron chi connectivity index (χ3n) is 4.15. The lowest BCUT2D eigenvalue weighted by molar-refractivity contribution is 0.356. The summed E-state index contributed by atoms with van der Waals surface area (Å²) in [5.41, 5.74) is 4.21. The van der Waals surface area contributed by atoms with Crippen molar-refractivity contribution in [2.45, 2.75) is 33.1 Å². The van der Waals surface area contributed by atoms with Crippen molar-refractivity contribution < 1.29 is 0 Å². The highest BCUT2D eigenvalue weighted by Crippen LogP contribution is 2.25. The molecule has 100 valence electrons. The third kappa shape index (κ3) is 3.26. The molecular formula is C16H26N2. The van der Waals surface area contributed by atoms with Crippen LogP contribution in [0, 0.1) is 19.8 Å². The molecule has 1 N–H and O–H groups in total. The van der Waals surface area contributed by atoms with E-state index >= 15 is 0 Å². The summed E-state index contributed by atoms with van der Waals surface area (Å²) in [5, 5.41) is 3.44. The van der Waals surface area contributed by atoms with Gasteiger partial charge in [-0.15, -0.1) is 0 Å². The predicted molar refractivity (Wildman–Crippen MR) is 79.4 cm³/mol. The van der Waals surface area contributed by atoms with Gasteiger partial charge in [0.15, 0.2) is 0 Å². The highest BCUT2D eigenvalue weighted by Gasteiger charge is 2.14. The first-order chi connectivity index (χ1) is 8.68. The number of aryl methyl sites for hydroxylation is 2. The second-order valence-electron chi connectivity index (χ2n) is 5.64. The minimum absolute atomic E-state index is 0.915. The Labute approximate surface area is 111 Å². The number of para-hydroxylation sites is 1. The number of nitrogens with one attached hydrogen (secondary N) is 1. The van der Waals surface area contributed by atoms with E-state index in [9.17, 15) is 0 Å². The van der Waals surface area contributed by atoms with Crippen LogP contribution in [0.15, 0.2) is 18.2 Å². The zero-order chi connectivity index (χ0) is 13.0. The van der Waals surface area contributed by atoms with E-state index in [4.69, 9.17) is 0 Å². The Morgan fingerprint density at radius 1 is 1.17 bits per heavy atom. The van der Waals surface area contributed by atoms with E-state index in [1.807, 2.05) is 0 Å². The lowest BCUT2D eigenvalue weighted by Crippen LogP contribution is -2.30. The van der Waals surface area contributed by atoms with E-state index in [-0.39, 0.29) is 0 Å². The Morgan fingerprint density at radius 2 is 1.78 bits per heavy atom. The molecule has 0 aliphatic carbocycles. The average molecular weight is 246 g/mol. The van der Waals surface area contributed by atoms with Crippen LogP contribution in [-0.4, -0.2) is 26.7 Å². The van der Waals surface area contributed by atoms with Gasteiger partial charge in [0.1, 0.15) is 0 Å². The maximum Gasteiger partial charge on any atom is 0.0423 e. The molecule has 1 aliphatic rings. The van der Waals surface area contributed by atoms with Crippen molar-refractivity contribution in [2.24, 2.45) is 5.92 Å². The molecule has 0 atom stereocenters. The molecule has 2 rings (SSSR count). The number of nitrogens with zero attached hydrogens (tertiary/aromatic N) is 1. The molecule has 2 heteroatoms. The third-order valence-corrected chi connectivity index (χ3v) is 4.15. The molecule has 0 amide bonds. The molecule has 18 heavy (non-hydrogen) atoms. The highest BCUT2D eigenvalue weighted by molar-refractivity contribution is 5.58. The molecule has 0 unspecified atom stereocenters. The van der Waals surface area contributed by atoms with E-state index in [2.05, 4.69) is 49.3 Å². The van der Waals surface area contributed by atoms with Gasteiger partial charge < -0.3 is 10.2 Å². The first-order valence-electron chi connectivity index (χ1n) is 7.16. The summed E-state index contributed by atoms with van der Waals surface area (Å²) in [6.07, 6.45) is 4.02. The van der Waals surface area contributed by atoms with Gasteiger partial charge in [-0.05, 0) is 63.2 Å². The zero-order valence-electron chi connectivity index (χ0n) is 12.0. The van der Waals surface area contributed by atoms with E-state index in [1.54, 1.807) is 0 Å². The van der Waals surface area contributed by atoms with Crippen molar-refractivity contribution in [3.05, 3.63) is 29.3 Å². The Bertz CT molecular complexity index is 360. The van der Waals surface area contributed by atoms with Gasteiger partial charge >= 0.3 is 0 Å². The highest BCUT2D eigenvalue weighted by atomic mass is 15.1. The van der Waals surface area contributed by atoms with Gasteiger partial charge in [0.2, 0.25) is 0 Å². The maximum absolute atomic E-state index is 3.44. The van der Waals surface area contributed by atoms with Crippen LogP contribution < -0.4 is 10.2 Å². The Balaban J connectivity index is 1.92. The van der Waals surface area contributed by atoms with Crippen molar-refractivity contribution in [3.8, 4) is 0 Å². The summed E-state index contributed by atoms with van der Waals surface area (Å²) in [6, 6.07) is 6.57. The predicted octanol–water partition coefficient (Wildman–Crippen LogP) is 3.13. The largest absolute Gasteiger partial charge is 0.374 e. The lowest BCUT2D eigenvalue weighted by atomic mass is 9.94. The Kier molecular flexibility index (Phi) is 4.65. The number of benzene rings is 1. The standard InChI is InChI=1S/C16H26N2/c1-13-5-4-6-14(2)16(13)18(3)12-9-15-7-10-17-11-8-15/h4-6,15,17H,7-12H2,1-3H3. The van der Waals surface area contributed by atoms with Gasteiger partial charge in [-0.1, -0.05) is 18.2 Å². The Morgan fingerprint density at radius 3 is 2.39 bits per heavy atom. The van der Waals surface area contributed by atoms with E-state index < -0.39 is 0 Å². The number of rotatable bonds is 4. The van der Waals surface area contributed by atoms with Gasteiger partial charge in [0, 0.05) is 19.3 Å².